The number of pyridine rings is 1. The molecule has 182 valence electrons. The lowest BCUT2D eigenvalue weighted by Crippen LogP contribution is -2.39. The largest absolute Gasteiger partial charge is 0.371 e. The highest BCUT2D eigenvalue weighted by atomic mass is 32.2. The molecule has 6 rings (SSSR count). The van der Waals surface area contributed by atoms with Crippen LogP contribution in [0.15, 0.2) is 33.5 Å². The Kier molecular flexibility index (Phi) is 5.21. The number of nitrogens with zero attached hydrogens (tertiary/aromatic N) is 3. The summed E-state index contributed by atoms with van der Waals surface area (Å²) < 4.78 is 20.5. The molecule has 0 bridgehead atoms. The zero-order chi connectivity index (χ0) is 23.7. The fourth-order valence-corrected chi connectivity index (χ4v) is 7.34. The van der Waals surface area contributed by atoms with Crippen LogP contribution >= 0.6 is 11.9 Å². The number of piperidine rings is 1. The number of benzene rings is 1. The molecular formula is C25H33N5O2S2. The van der Waals surface area contributed by atoms with Crippen molar-refractivity contribution in [2.75, 3.05) is 36.6 Å². The quantitative estimate of drug-likeness (QED) is 0.548. The normalized spacial score (nSPS) is 28.7. The van der Waals surface area contributed by atoms with Crippen molar-refractivity contribution in [2.24, 2.45) is 15.7 Å². The third-order valence-electron chi connectivity index (χ3n) is 8.31. The number of fused-ring (bicyclic) bond motifs is 2. The third-order valence-corrected chi connectivity index (χ3v) is 11.8. The van der Waals surface area contributed by atoms with Crippen LogP contribution in [0.25, 0.3) is 10.9 Å². The number of rotatable bonds is 7. The van der Waals surface area contributed by atoms with Crippen molar-refractivity contribution in [1.82, 2.24) is 9.71 Å². The Hall–Kier alpha value is -1.84. The molecule has 1 aromatic heterocycles. The van der Waals surface area contributed by atoms with E-state index in [4.69, 9.17) is 4.98 Å². The lowest BCUT2D eigenvalue weighted by molar-refractivity contribution is -0.119. The van der Waals surface area contributed by atoms with Crippen LogP contribution in [0.1, 0.15) is 45.4 Å². The molecule has 2 heterocycles. The Morgan fingerprint density at radius 2 is 1.94 bits per heavy atom. The zero-order valence-electron chi connectivity index (χ0n) is 20.1. The fraction of sp³-hybridized carbons (Fsp3) is 0.600. The van der Waals surface area contributed by atoms with Gasteiger partial charge in [0, 0.05) is 62.9 Å². The number of carbonyl (C=O) groups excluding carboxylic acids is 1. The van der Waals surface area contributed by atoms with Gasteiger partial charge in [0.1, 0.15) is 5.82 Å². The second kappa shape index (κ2) is 7.83. The van der Waals surface area contributed by atoms with E-state index in [1.165, 1.54) is 12.8 Å². The summed E-state index contributed by atoms with van der Waals surface area (Å²) in [4.78, 5) is 21.0. The van der Waals surface area contributed by atoms with Crippen LogP contribution in [0.3, 0.4) is 0 Å². The summed E-state index contributed by atoms with van der Waals surface area (Å²) in [5.41, 5.74) is 2.20. The molecule has 3 saturated carbocycles. The Morgan fingerprint density at radius 1 is 1.24 bits per heavy atom. The lowest BCUT2D eigenvalue weighted by Gasteiger charge is -2.34. The SMILES string of the molecule is CN=S(C)(=O)C1CCN(c2cc(SNC3(C)CC3)cc3nc(NC(=O)C45CC4C5)ccc23)CC1. The van der Waals surface area contributed by atoms with Crippen molar-refractivity contribution in [1.29, 1.82) is 0 Å². The first-order valence-corrected chi connectivity index (χ1v) is 15.1. The van der Waals surface area contributed by atoms with Gasteiger partial charge >= 0.3 is 0 Å². The highest BCUT2D eigenvalue weighted by molar-refractivity contribution is 7.97. The average Bonchev–Trinajstić information content (AvgIpc) is 3.74. The van der Waals surface area contributed by atoms with Crippen LogP contribution in [0.2, 0.25) is 0 Å². The summed E-state index contributed by atoms with van der Waals surface area (Å²) in [7, 11) is -0.464. The van der Waals surface area contributed by atoms with Crippen molar-refractivity contribution >= 4 is 50.0 Å². The molecule has 3 aliphatic carbocycles. The number of carbonyl (C=O) groups is 1. The maximum absolute atomic E-state index is 12.8. The topological polar surface area (TPSA) is 86.7 Å². The van der Waals surface area contributed by atoms with Crippen LogP contribution in [0.4, 0.5) is 11.5 Å². The first kappa shape index (κ1) is 22.6. The summed E-state index contributed by atoms with van der Waals surface area (Å²) in [6.07, 6.45) is 7.99. The maximum Gasteiger partial charge on any atom is 0.232 e. The molecule has 0 spiro atoms. The van der Waals surface area contributed by atoms with E-state index < -0.39 is 9.73 Å². The van der Waals surface area contributed by atoms with Crippen molar-refractivity contribution in [3.05, 3.63) is 24.3 Å². The van der Waals surface area contributed by atoms with Gasteiger partial charge in [0.05, 0.1) is 10.9 Å². The van der Waals surface area contributed by atoms with E-state index in [-0.39, 0.29) is 22.1 Å². The Morgan fingerprint density at radius 3 is 2.56 bits per heavy atom. The van der Waals surface area contributed by atoms with Crippen LogP contribution in [0, 0.1) is 11.3 Å². The smallest absolute Gasteiger partial charge is 0.232 e. The second-order valence-electron chi connectivity index (χ2n) is 10.9. The summed E-state index contributed by atoms with van der Waals surface area (Å²) in [6, 6.07) is 8.38. The fourth-order valence-electron chi connectivity index (χ4n) is 5.05. The van der Waals surface area contributed by atoms with E-state index in [0.29, 0.717) is 11.7 Å². The van der Waals surface area contributed by atoms with E-state index in [2.05, 4.69) is 44.4 Å². The Bertz CT molecular complexity index is 1280. The highest BCUT2D eigenvalue weighted by Crippen LogP contribution is 2.75. The third kappa shape index (κ3) is 4.09. The average molecular weight is 500 g/mol. The van der Waals surface area contributed by atoms with E-state index in [9.17, 15) is 9.00 Å². The van der Waals surface area contributed by atoms with Crippen LogP contribution in [-0.4, -0.2) is 52.3 Å². The number of hydrogen-bond acceptors (Lipinski definition) is 7. The molecular weight excluding hydrogens is 466 g/mol. The zero-order valence-corrected chi connectivity index (χ0v) is 21.7. The van der Waals surface area contributed by atoms with E-state index in [1.807, 2.05) is 6.07 Å². The van der Waals surface area contributed by atoms with Gasteiger partial charge in [0.15, 0.2) is 0 Å². The summed E-state index contributed by atoms with van der Waals surface area (Å²) in [5, 5.41) is 4.29. The molecule has 0 radical (unpaired) electrons. The molecule has 1 atom stereocenters. The molecule has 2 aromatic rings. The predicted molar refractivity (Wildman–Crippen MR) is 140 cm³/mol. The van der Waals surface area contributed by atoms with Crippen molar-refractivity contribution in [3.8, 4) is 0 Å². The van der Waals surface area contributed by atoms with Gasteiger partial charge in [-0.15, -0.1) is 0 Å². The Labute approximate surface area is 206 Å². The molecule has 7 nitrogen and oxygen atoms in total. The van der Waals surface area contributed by atoms with Gasteiger partial charge in [-0.1, -0.05) is 0 Å². The van der Waals surface area contributed by atoms with Gasteiger partial charge in [-0.2, -0.15) is 0 Å². The van der Waals surface area contributed by atoms with Crippen molar-refractivity contribution in [3.63, 3.8) is 0 Å². The monoisotopic (exact) mass is 499 g/mol. The van der Waals surface area contributed by atoms with Gasteiger partial charge in [0.25, 0.3) is 0 Å². The highest BCUT2D eigenvalue weighted by Gasteiger charge is 2.74. The van der Waals surface area contributed by atoms with E-state index in [1.54, 1.807) is 25.3 Å². The molecule has 9 heteroatoms. The first-order chi connectivity index (χ1) is 16.2. The first-order valence-electron chi connectivity index (χ1n) is 12.3. The molecule has 1 unspecified atom stereocenters. The minimum Gasteiger partial charge on any atom is -0.371 e. The molecule has 34 heavy (non-hydrogen) atoms. The lowest BCUT2D eigenvalue weighted by atomic mass is 10.1. The summed E-state index contributed by atoms with van der Waals surface area (Å²) in [6.45, 7) is 3.95. The van der Waals surface area contributed by atoms with Crippen LogP contribution < -0.4 is 14.9 Å². The number of hydrogen-bond donors (Lipinski definition) is 2. The molecule has 1 amide bonds. The molecule has 4 aliphatic rings. The minimum atomic E-state index is -2.13. The Balaban J connectivity index is 1.29. The molecule has 4 fully saturated rings. The summed E-state index contributed by atoms with van der Waals surface area (Å²) in [5.74, 6) is 1.37. The second-order valence-corrected chi connectivity index (χ2v) is 14.5. The molecule has 2 N–H and O–H groups in total. The van der Waals surface area contributed by atoms with Gasteiger partial charge in [-0.25, -0.2) is 13.6 Å². The van der Waals surface area contributed by atoms with Gasteiger partial charge in [-0.3, -0.25) is 9.52 Å². The van der Waals surface area contributed by atoms with Crippen LogP contribution in [0.5, 0.6) is 0 Å². The van der Waals surface area contributed by atoms with Crippen molar-refractivity contribution in [2.45, 2.75) is 61.1 Å². The van der Waals surface area contributed by atoms with Gasteiger partial charge in [0.2, 0.25) is 5.91 Å². The van der Waals surface area contributed by atoms with E-state index >= 15 is 0 Å². The van der Waals surface area contributed by atoms with Crippen molar-refractivity contribution < 1.29 is 9.00 Å². The molecule has 1 aromatic carbocycles. The van der Waals surface area contributed by atoms with Crippen LogP contribution in [-0.2, 0) is 14.5 Å². The van der Waals surface area contributed by atoms with Gasteiger partial charge < -0.3 is 10.2 Å². The van der Waals surface area contributed by atoms with Gasteiger partial charge in [-0.05, 0) is 87.6 Å². The molecule has 1 saturated heterocycles. The standard InChI is InChI=1S/C25H33N5O2S2/c1-24(8-9-24)29-33-17-12-20-19(4-5-22(27-20)28-23(31)25-14-16(25)15-25)21(13-17)30-10-6-18(7-11-30)34(3,32)26-2/h4-5,12-13,16,18,29H,6-11,14-15H2,1-3H3,(H,27,28,31). The number of nitrogens with one attached hydrogen (secondary N) is 2. The minimum absolute atomic E-state index is 0.0731. The predicted octanol–water partition coefficient (Wildman–Crippen LogP) is 4.43. The summed E-state index contributed by atoms with van der Waals surface area (Å²) >= 11 is 1.67. The number of aromatic nitrogens is 1. The molecule has 1 aliphatic heterocycles. The number of anilines is 2. The van der Waals surface area contributed by atoms with E-state index in [0.717, 1.165) is 60.3 Å². The maximum atomic E-state index is 12.8. The number of amides is 1.